The fraction of sp³-hybridized carbons (Fsp3) is 0.592. The minimum Gasteiger partial charge on any atom is -0.462 e. The van der Waals surface area contributed by atoms with Gasteiger partial charge in [0.1, 0.15) is 13.2 Å². The lowest BCUT2D eigenvalue weighted by atomic mass is 10.1. The molecular formula is C71H112O6. The second-order valence-corrected chi connectivity index (χ2v) is 19.8. The van der Waals surface area contributed by atoms with Crippen LogP contribution in [-0.4, -0.2) is 37.2 Å². The van der Waals surface area contributed by atoms with E-state index < -0.39 is 6.10 Å². The zero-order chi connectivity index (χ0) is 55.7. The third-order valence-corrected chi connectivity index (χ3v) is 12.5. The molecule has 0 rings (SSSR count). The van der Waals surface area contributed by atoms with E-state index in [1.54, 1.807) is 0 Å². The van der Waals surface area contributed by atoms with Crippen LogP contribution < -0.4 is 0 Å². The van der Waals surface area contributed by atoms with E-state index in [0.717, 1.165) is 161 Å². The Morgan fingerprint density at radius 2 is 0.506 bits per heavy atom. The largest absolute Gasteiger partial charge is 0.462 e. The van der Waals surface area contributed by atoms with Gasteiger partial charge >= 0.3 is 17.9 Å². The highest BCUT2D eigenvalue weighted by Crippen LogP contribution is 2.14. The molecule has 0 aliphatic rings. The maximum atomic E-state index is 12.9. The van der Waals surface area contributed by atoms with Gasteiger partial charge in [-0.15, -0.1) is 0 Å². The first-order valence-electron chi connectivity index (χ1n) is 31.0. The molecule has 0 saturated heterocycles. The summed E-state index contributed by atoms with van der Waals surface area (Å²) in [6.07, 6.45) is 92.5. The number of esters is 3. The van der Waals surface area contributed by atoms with E-state index in [1.165, 1.54) is 51.4 Å². The smallest absolute Gasteiger partial charge is 0.306 e. The number of carbonyl (C=O) groups excluding carboxylic acids is 3. The third-order valence-electron chi connectivity index (χ3n) is 12.5. The van der Waals surface area contributed by atoms with Gasteiger partial charge in [0.05, 0.1) is 0 Å². The summed E-state index contributed by atoms with van der Waals surface area (Å²) in [6.45, 7) is 6.32. The average molecular weight is 1060 g/mol. The molecule has 6 nitrogen and oxygen atoms in total. The van der Waals surface area contributed by atoms with Gasteiger partial charge in [0, 0.05) is 19.3 Å². The maximum Gasteiger partial charge on any atom is 0.306 e. The Balaban J connectivity index is 4.38. The number of carbonyl (C=O) groups is 3. The second kappa shape index (κ2) is 63.6. The normalized spacial score (nSPS) is 13.2. The molecule has 432 valence electrons. The van der Waals surface area contributed by atoms with Crippen LogP contribution in [0.25, 0.3) is 0 Å². The fourth-order valence-corrected chi connectivity index (χ4v) is 7.90. The Labute approximate surface area is 473 Å². The Bertz CT molecular complexity index is 1740. The molecule has 1 atom stereocenters. The Morgan fingerprint density at radius 1 is 0.273 bits per heavy atom. The van der Waals surface area contributed by atoms with Gasteiger partial charge in [0.2, 0.25) is 0 Å². The lowest BCUT2D eigenvalue weighted by molar-refractivity contribution is -0.167. The van der Waals surface area contributed by atoms with Crippen molar-refractivity contribution in [1.29, 1.82) is 0 Å². The lowest BCUT2D eigenvalue weighted by Gasteiger charge is -2.18. The van der Waals surface area contributed by atoms with E-state index in [0.29, 0.717) is 19.3 Å². The van der Waals surface area contributed by atoms with Crippen LogP contribution >= 0.6 is 0 Å². The predicted octanol–water partition coefficient (Wildman–Crippen LogP) is 21.3. The van der Waals surface area contributed by atoms with Crippen molar-refractivity contribution < 1.29 is 28.6 Å². The van der Waals surface area contributed by atoms with Crippen molar-refractivity contribution in [2.45, 2.75) is 258 Å². The van der Waals surface area contributed by atoms with Gasteiger partial charge in [-0.25, -0.2) is 0 Å². The molecule has 0 aromatic rings. The van der Waals surface area contributed by atoms with Crippen molar-refractivity contribution in [3.8, 4) is 0 Å². The van der Waals surface area contributed by atoms with Gasteiger partial charge in [-0.3, -0.25) is 14.4 Å². The monoisotopic (exact) mass is 1060 g/mol. The zero-order valence-electron chi connectivity index (χ0n) is 49.4. The molecule has 0 aromatic heterocycles. The first-order valence-corrected chi connectivity index (χ1v) is 31.0. The summed E-state index contributed by atoms with van der Waals surface area (Å²) < 4.78 is 16.8. The summed E-state index contributed by atoms with van der Waals surface area (Å²) in [4.78, 5) is 38.2. The minimum atomic E-state index is -0.808. The molecule has 0 heterocycles. The summed E-state index contributed by atoms with van der Waals surface area (Å²) >= 11 is 0. The molecule has 0 amide bonds. The third kappa shape index (κ3) is 61.8. The highest BCUT2D eigenvalue weighted by atomic mass is 16.6. The van der Waals surface area contributed by atoms with Crippen molar-refractivity contribution in [3.05, 3.63) is 158 Å². The first-order chi connectivity index (χ1) is 38.0. The van der Waals surface area contributed by atoms with Gasteiger partial charge in [-0.2, -0.15) is 0 Å². The van der Waals surface area contributed by atoms with Crippen LogP contribution in [0, 0.1) is 0 Å². The summed E-state index contributed by atoms with van der Waals surface area (Å²) in [7, 11) is 0. The Morgan fingerprint density at radius 3 is 0.818 bits per heavy atom. The maximum absolute atomic E-state index is 12.9. The second-order valence-electron chi connectivity index (χ2n) is 19.8. The number of allylic oxidation sites excluding steroid dienone is 26. The zero-order valence-corrected chi connectivity index (χ0v) is 49.4. The van der Waals surface area contributed by atoms with E-state index in [2.05, 4.69) is 179 Å². The van der Waals surface area contributed by atoms with Crippen molar-refractivity contribution in [2.75, 3.05) is 13.2 Å². The molecule has 0 aliphatic carbocycles. The molecule has 0 spiro atoms. The Kier molecular flexibility index (Phi) is 59.5. The van der Waals surface area contributed by atoms with E-state index in [4.69, 9.17) is 14.2 Å². The van der Waals surface area contributed by atoms with Crippen LogP contribution in [0.1, 0.15) is 252 Å². The van der Waals surface area contributed by atoms with Crippen molar-refractivity contribution in [2.24, 2.45) is 0 Å². The fourth-order valence-electron chi connectivity index (χ4n) is 7.90. The number of rotatable bonds is 54. The topological polar surface area (TPSA) is 78.9 Å². The van der Waals surface area contributed by atoms with Crippen molar-refractivity contribution in [1.82, 2.24) is 0 Å². The minimum absolute atomic E-state index is 0.103. The highest BCUT2D eigenvalue weighted by molar-refractivity contribution is 5.71. The molecule has 0 radical (unpaired) electrons. The van der Waals surface area contributed by atoms with Gasteiger partial charge in [0.25, 0.3) is 0 Å². The number of ether oxygens (including phenoxy) is 3. The molecule has 0 aromatic carbocycles. The summed E-state index contributed by atoms with van der Waals surface area (Å²) in [5, 5.41) is 0. The van der Waals surface area contributed by atoms with Gasteiger partial charge in [-0.05, 0) is 141 Å². The molecule has 0 fully saturated rings. The first kappa shape index (κ1) is 72.0. The molecule has 6 heteroatoms. The molecule has 0 saturated carbocycles. The van der Waals surface area contributed by atoms with Crippen molar-refractivity contribution in [3.63, 3.8) is 0 Å². The van der Waals surface area contributed by atoms with E-state index >= 15 is 0 Å². The lowest BCUT2D eigenvalue weighted by Crippen LogP contribution is -2.30. The van der Waals surface area contributed by atoms with Crippen LogP contribution in [0.3, 0.4) is 0 Å². The van der Waals surface area contributed by atoms with Gasteiger partial charge in [0.15, 0.2) is 6.10 Å². The van der Waals surface area contributed by atoms with E-state index in [9.17, 15) is 14.4 Å². The van der Waals surface area contributed by atoms with Crippen LogP contribution in [0.2, 0.25) is 0 Å². The SMILES string of the molecule is CC/C=C\C/C=C\C/C=C\C/C=C\C/C=C\C/C=C\C/C=C\C/C=C\C/C=C\CCCCCC(=O)OCC(COC(=O)CCCCCCC/C=C\CCCC)OC(=O)CCCCCCCCC/C=C\C/C=C\C/C=C\CC. The van der Waals surface area contributed by atoms with Crippen LogP contribution in [0.4, 0.5) is 0 Å². The van der Waals surface area contributed by atoms with Gasteiger partial charge < -0.3 is 14.2 Å². The van der Waals surface area contributed by atoms with E-state index in [-0.39, 0.29) is 31.1 Å². The Hall–Kier alpha value is -4.97. The van der Waals surface area contributed by atoms with Gasteiger partial charge in [-0.1, -0.05) is 249 Å². The predicted molar refractivity (Wildman–Crippen MR) is 334 cm³/mol. The number of hydrogen-bond acceptors (Lipinski definition) is 6. The summed E-state index contributed by atoms with van der Waals surface area (Å²) in [6, 6.07) is 0. The number of unbranched alkanes of at least 4 members (excludes halogenated alkanes) is 17. The molecule has 1 unspecified atom stereocenters. The van der Waals surface area contributed by atoms with E-state index in [1.807, 2.05) is 0 Å². The van der Waals surface area contributed by atoms with Crippen molar-refractivity contribution >= 4 is 17.9 Å². The molecule has 0 N–H and O–H groups in total. The number of hydrogen-bond donors (Lipinski definition) is 0. The summed E-state index contributed by atoms with van der Waals surface area (Å²) in [5.74, 6) is -0.962. The molecule has 77 heavy (non-hydrogen) atoms. The molecular weight excluding hydrogens is 949 g/mol. The molecule has 0 bridgehead atoms. The average Bonchev–Trinajstić information content (AvgIpc) is 3.43. The van der Waals surface area contributed by atoms with Crippen LogP contribution in [0.5, 0.6) is 0 Å². The molecule has 0 aliphatic heterocycles. The van der Waals surface area contributed by atoms with Crippen LogP contribution in [0.15, 0.2) is 158 Å². The van der Waals surface area contributed by atoms with Crippen LogP contribution in [-0.2, 0) is 28.6 Å². The summed E-state index contributed by atoms with van der Waals surface area (Å²) in [5.41, 5.74) is 0. The highest BCUT2D eigenvalue weighted by Gasteiger charge is 2.19. The standard InChI is InChI=1S/C71H112O6/c1-4-7-10-13-16-19-22-24-26-28-29-30-31-32-33-34-35-36-37-38-39-40-41-43-44-46-49-52-55-58-61-64-70(73)76-67-68(66-75-69(72)63-60-57-54-51-48-21-18-15-12-9-6-3)77-71(74)65-62-59-56-53-50-47-45-42-27-25-23-20-17-14-11-8-5-2/h7-8,10-11,15-20,24-27,29-30,32-33,35-36,38-39,41,43,46,49,68H,4-6,9,12-14,21-23,28,31,34,37,40,42,44-45,47-48,50-67H2,1-3H3/b10-7-,11-8-,18-15-,19-16-,20-17-,26-24-,27-25-,30-29-,33-32-,36-35-,39-38-,43-41-,49-46-. The quantitative estimate of drug-likeness (QED) is 0.0261.